The average Bonchev–Trinajstić information content (AvgIpc) is 2.30. The van der Waals surface area contributed by atoms with Crippen molar-refractivity contribution >= 4 is 0 Å². The van der Waals surface area contributed by atoms with Gasteiger partial charge in [-0.2, -0.15) is 0 Å². The van der Waals surface area contributed by atoms with Gasteiger partial charge in [-0.25, -0.2) is 0 Å². The van der Waals surface area contributed by atoms with Gasteiger partial charge in [-0.15, -0.1) is 0 Å². The summed E-state index contributed by atoms with van der Waals surface area (Å²) in [5, 5.41) is 0. The summed E-state index contributed by atoms with van der Waals surface area (Å²) in [6.07, 6.45) is 5.47. The minimum atomic E-state index is 0.257. The molecule has 1 saturated heterocycles. The molecule has 2 fully saturated rings. The van der Waals surface area contributed by atoms with Gasteiger partial charge in [0.15, 0.2) is 0 Å². The number of hydrogen-bond acceptors (Lipinski definition) is 3. The van der Waals surface area contributed by atoms with Gasteiger partial charge in [-0.3, -0.25) is 4.90 Å². The van der Waals surface area contributed by atoms with Gasteiger partial charge in [0.2, 0.25) is 0 Å². The molecular formula is C14H28N2O. The van der Waals surface area contributed by atoms with Crippen molar-refractivity contribution in [3.8, 4) is 0 Å². The lowest BCUT2D eigenvalue weighted by molar-refractivity contribution is -0.0783. The lowest BCUT2D eigenvalue weighted by Crippen LogP contribution is -2.60. The maximum atomic E-state index is 6.12. The number of nitrogens with two attached hydrogens (primary N) is 1. The fourth-order valence-electron chi connectivity index (χ4n) is 3.29. The molecule has 2 aliphatic rings. The zero-order valence-corrected chi connectivity index (χ0v) is 11.7. The van der Waals surface area contributed by atoms with Crippen molar-refractivity contribution in [3.05, 3.63) is 0 Å². The summed E-state index contributed by atoms with van der Waals surface area (Å²) < 4.78 is 5.65. The van der Waals surface area contributed by atoms with Crippen molar-refractivity contribution in [1.29, 1.82) is 0 Å². The first-order valence-corrected chi connectivity index (χ1v) is 7.04. The van der Waals surface area contributed by atoms with Gasteiger partial charge in [0.25, 0.3) is 0 Å². The third-order valence-corrected chi connectivity index (χ3v) is 4.83. The molecule has 1 atom stereocenters. The standard InChI is InChI=1S/C14H28N2O/c1-12-10-16(8-9-17-12)14(11-15)6-4-13(2,3)5-7-14/h12H,4-11,15H2,1-3H3. The molecule has 0 spiro atoms. The summed E-state index contributed by atoms with van der Waals surface area (Å²) in [5.41, 5.74) is 6.89. The van der Waals surface area contributed by atoms with E-state index in [4.69, 9.17) is 10.5 Å². The van der Waals surface area contributed by atoms with Crippen LogP contribution in [0.4, 0.5) is 0 Å². The van der Waals surface area contributed by atoms with Gasteiger partial charge >= 0.3 is 0 Å². The molecule has 2 N–H and O–H groups in total. The molecule has 1 saturated carbocycles. The maximum Gasteiger partial charge on any atom is 0.0674 e. The highest BCUT2D eigenvalue weighted by molar-refractivity contribution is 4.99. The van der Waals surface area contributed by atoms with Crippen LogP contribution in [0, 0.1) is 5.41 Å². The van der Waals surface area contributed by atoms with E-state index < -0.39 is 0 Å². The van der Waals surface area contributed by atoms with Crippen molar-refractivity contribution in [1.82, 2.24) is 4.90 Å². The van der Waals surface area contributed by atoms with E-state index in [2.05, 4.69) is 25.7 Å². The van der Waals surface area contributed by atoms with Crippen molar-refractivity contribution in [2.24, 2.45) is 11.1 Å². The second kappa shape index (κ2) is 4.87. The van der Waals surface area contributed by atoms with Crippen LogP contribution in [0.1, 0.15) is 46.5 Å². The van der Waals surface area contributed by atoms with E-state index in [9.17, 15) is 0 Å². The topological polar surface area (TPSA) is 38.5 Å². The number of morpholine rings is 1. The molecule has 100 valence electrons. The van der Waals surface area contributed by atoms with Crippen LogP contribution in [0.2, 0.25) is 0 Å². The second-order valence-electron chi connectivity index (χ2n) is 6.72. The molecule has 2 rings (SSSR count). The first-order valence-electron chi connectivity index (χ1n) is 7.04. The predicted molar refractivity (Wildman–Crippen MR) is 71.0 cm³/mol. The molecule has 1 aliphatic carbocycles. The molecule has 1 heterocycles. The first kappa shape index (κ1) is 13.3. The molecule has 17 heavy (non-hydrogen) atoms. The van der Waals surface area contributed by atoms with Crippen LogP contribution >= 0.6 is 0 Å². The van der Waals surface area contributed by atoms with E-state index in [1.165, 1.54) is 25.7 Å². The molecule has 1 unspecified atom stereocenters. The van der Waals surface area contributed by atoms with E-state index in [0.29, 0.717) is 11.5 Å². The van der Waals surface area contributed by atoms with Crippen LogP contribution in [0.5, 0.6) is 0 Å². The SMILES string of the molecule is CC1CN(C2(CN)CCC(C)(C)CC2)CCO1. The van der Waals surface area contributed by atoms with Crippen LogP contribution in [0.25, 0.3) is 0 Å². The molecule has 0 amide bonds. The Labute approximate surface area is 106 Å². The zero-order chi connectivity index (χ0) is 12.5. The summed E-state index contributed by atoms with van der Waals surface area (Å²) in [6.45, 7) is 10.7. The number of rotatable bonds is 2. The minimum Gasteiger partial charge on any atom is -0.376 e. The monoisotopic (exact) mass is 240 g/mol. The van der Waals surface area contributed by atoms with E-state index in [-0.39, 0.29) is 5.54 Å². The summed E-state index contributed by atoms with van der Waals surface area (Å²) in [5.74, 6) is 0. The average molecular weight is 240 g/mol. The Morgan fingerprint density at radius 2 is 1.88 bits per heavy atom. The van der Waals surface area contributed by atoms with Gasteiger partial charge in [0.1, 0.15) is 0 Å². The zero-order valence-electron chi connectivity index (χ0n) is 11.7. The van der Waals surface area contributed by atoms with Gasteiger partial charge in [-0.1, -0.05) is 13.8 Å². The molecule has 3 nitrogen and oxygen atoms in total. The van der Waals surface area contributed by atoms with Gasteiger partial charge in [0, 0.05) is 25.2 Å². The second-order valence-corrected chi connectivity index (χ2v) is 6.72. The van der Waals surface area contributed by atoms with Gasteiger partial charge < -0.3 is 10.5 Å². The Morgan fingerprint density at radius 3 is 2.41 bits per heavy atom. The number of ether oxygens (including phenoxy) is 1. The van der Waals surface area contributed by atoms with E-state index in [0.717, 1.165) is 26.2 Å². The lowest BCUT2D eigenvalue weighted by Gasteiger charge is -2.51. The maximum absolute atomic E-state index is 6.12. The Morgan fingerprint density at radius 1 is 1.24 bits per heavy atom. The fraction of sp³-hybridized carbons (Fsp3) is 1.00. The Hall–Kier alpha value is -0.120. The fourth-order valence-corrected chi connectivity index (χ4v) is 3.29. The minimum absolute atomic E-state index is 0.257. The van der Waals surface area contributed by atoms with Crippen LogP contribution in [-0.2, 0) is 4.74 Å². The van der Waals surface area contributed by atoms with Gasteiger partial charge in [0.05, 0.1) is 12.7 Å². The van der Waals surface area contributed by atoms with E-state index in [1.54, 1.807) is 0 Å². The van der Waals surface area contributed by atoms with Gasteiger partial charge in [-0.05, 0) is 38.0 Å². The first-order chi connectivity index (χ1) is 7.97. The molecular weight excluding hydrogens is 212 g/mol. The predicted octanol–water partition coefficient (Wildman–Crippen LogP) is 2.00. The summed E-state index contributed by atoms with van der Waals surface area (Å²) in [7, 11) is 0. The van der Waals surface area contributed by atoms with Crippen LogP contribution in [0.15, 0.2) is 0 Å². The highest BCUT2D eigenvalue weighted by atomic mass is 16.5. The normalized spacial score (nSPS) is 33.5. The van der Waals surface area contributed by atoms with Crippen molar-refractivity contribution in [2.45, 2.75) is 58.1 Å². The largest absolute Gasteiger partial charge is 0.376 e. The molecule has 0 aromatic heterocycles. The third kappa shape index (κ3) is 2.83. The number of hydrogen-bond donors (Lipinski definition) is 1. The van der Waals surface area contributed by atoms with Crippen LogP contribution in [-0.4, -0.2) is 42.8 Å². The summed E-state index contributed by atoms with van der Waals surface area (Å²) >= 11 is 0. The number of nitrogens with zero attached hydrogens (tertiary/aromatic N) is 1. The van der Waals surface area contributed by atoms with Crippen molar-refractivity contribution in [2.75, 3.05) is 26.2 Å². The molecule has 1 aliphatic heterocycles. The molecule has 0 bridgehead atoms. The van der Waals surface area contributed by atoms with E-state index >= 15 is 0 Å². The molecule has 0 aromatic rings. The molecule has 0 radical (unpaired) electrons. The highest BCUT2D eigenvalue weighted by Crippen LogP contribution is 2.42. The summed E-state index contributed by atoms with van der Waals surface area (Å²) in [6, 6.07) is 0. The quantitative estimate of drug-likeness (QED) is 0.802. The van der Waals surface area contributed by atoms with Crippen molar-refractivity contribution in [3.63, 3.8) is 0 Å². The van der Waals surface area contributed by atoms with Crippen molar-refractivity contribution < 1.29 is 4.74 Å². The third-order valence-electron chi connectivity index (χ3n) is 4.83. The highest BCUT2D eigenvalue weighted by Gasteiger charge is 2.42. The smallest absolute Gasteiger partial charge is 0.0674 e. The summed E-state index contributed by atoms with van der Waals surface area (Å²) in [4.78, 5) is 2.61. The Kier molecular flexibility index (Phi) is 3.81. The molecule has 3 heteroatoms. The van der Waals surface area contributed by atoms with Crippen LogP contribution < -0.4 is 5.73 Å². The van der Waals surface area contributed by atoms with Crippen LogP contribution in [0.3, 0.4) is 0 Å². The molecule has 0 aromatic carbocycles. The lowest BCUT2D eigenvalue weighted by atomic mass is 9.68. The van der Waals surface area contributed by atoms with E-state index in [1.807, 2.05) is 0 Å². The Balaban J connectivity index is 2.04. The Bertz CT molecular complexity index is 255.